The van der Waals surface area contributed by atoms with Gasteiger partial charge in [0.25, 0.3) is 0 Å². The van der Waals surface area contributed by atoms with Gasteiger partial charge in [-0.3, -0.25) is 5.10 Å². The van der Waals surface area contributed by atoms with E-state index >= 15 is 0 Å². The highest BCUT2D eigenvalue weighted by molar-refractivity contribution is 5.64. The number of aromatic amines is 1. The molecule has 3 N–H and O–H groups in total. The van der Waals surface area contributed by atoms with Crippen LogP contribution in [0.25, 0.3) is 22.8 Å². The van der Waals surface area contributed by atoms with Gasteiger partial charge in [-0.15, -0.1) is 0 Å². The lowest BCUT2D eigenvalue weighted by molar-refractivity contribution is 0.628. The van der Waals surface area contributed by atoms with Crippen molar-refractivity contribution in [3.8, 4) is 22.8 Å². The topological polar surface area (TPSA) is 67.6 Å². The predicted octanol–water partition coefficient (Wildman–Crippen LogP) is 2.86. The van der Waals surface area contributed by atoms with Crippen molar-refractivity contribution in [2.45, 2.75) is 0 Å². The maximum atomic E-state index is 12.9. The first-order valence-corrected chi connectivity index (χ1v) is 5.76. The largest absolute Gasteiger partial charge is 0.399 e. The molecule has 0 amide bonds. The molecular formula is C14H11FN4. The molecule has 4 nitrogen and oxygen atoms in total. The molecule has 0 aliphatic rings. The highest BCUT2D eigenvalue weighted by atomic mass is 19.1. The fraction of sp³-hybridized carbons (Fsp3) is 0. The van der Waals surface area contributed by atoms with Crippen LogP contribution in [0.2, 0.25) is 0 Å². The number of nitrogens with zero attached hydrogens (tertiary/aromatic N) is 2. The minimum absolute atomic E-state index is 0.278. The standard InChI is InChI=1S/C14H11FN4/c15-11-6-4-9(5-7-11)13-17-14(19-18-13)10-2-1-3-12(16)8-10/h1-8H,16H2,(H,17,18,19). The van der Waals surface area contributed by atoms with Crippen LogP contribution in [-0.2, 0) is 0 Å². The first kappa shape index (κ1) is 11.4. The summed E-state index contributed by atoms with van der Waals surface area (Å²) in [7, 11) is 0. The normalized spacial score (nSPS) is 10.6. The average molecular weight is 254 g/mol. The number of anilines is 1. The van der Waals surface area contributed by atoms with Crippen LogP contribution in [0.3, 0.4) is 0 Å². The average Bonchev–Trinajstić information content (AvgIpc) is 2.89. The summed E-state index contributed by atoms with van der Waals surface area (Å²) in [4.78, 5) is 4.38. The lowest BCUT2D eigenvalue weighted by atomic mass is 10.2. The Balaban J connectivity index is 1.97. The van der Waals surface area contributed by atoms with Gasteiger partial charge in [-0.2, -0.15) is 5.10 Å². The molecule has 0 aliphatic heterocycles. The number of halogens is 1. The molecule has 1 heterocycles. The van der Waals surface area contributed by atoms with Crippen molar-refractivity contribution < 1.29 is 4.39 Å². The summed E-state index contributed by atoms with van der Waals surface area (Å²) in [6.07, 6.45) is 0. The molecule has 0 radical (unpaired) electrons. The molecule has 2 aromatic carbocycles. The molecule has 0 bridgehead atoms. The van der Waals surface area contributed by atoms with E-state index in [-0.39, 0.29) is 5.82 Å². The molecule has 94 valence electrons. The molecule has 0 unspecified atom stereocenters. The number of aromatic nitrogens is 3. The van der Waals surface area contributed by atoms with Crippen molar-refractivity contribution >= 4 is 5.69 Å². The van der Waals surface area contributed by atoms with E-state index in [1.54, 1.807) is 24.3 Å². The van der Waals surface area contributed by atoms with Crippen LogP contribution in [0.15, 0.2) is 48.5 Å². The van der Waals surface area contributed by atoms with Crippen molar-refractivity contribution in [3.63, 3.8) is 0 Å². The maximum absolute atomic E-state index is 12.9. The van der Waals surface area contributed by atoms with E-state index in [0.717, 1.165) is 11.1 Å². The van der Waals surface area contributed by atoms with E-state index in [0.29, 0.717) is 17.3 Å². The van der Waals surface area contributed by atoms with Gasteiger partial charge in [0.1, 0.15) is 5.82 Å². The van der Waals surface area contributed by atoms with Crippen molar-refractivity contribution in [2.24, 2.45) is 0 Å². The zero-order valence-electron chi connectivity index (χ0n) is 9.97. The minimum Gasteiger partial charge on any atom is -0.399 e. The van der Waals surface area contributed by atoms with Gasteiger partial charge in [0, 0.05) is 16.8 Å². The van der Waals surface area contributed by atoms with Gasteiger partial charge >= 0.3 is 0 Å². The monoisotopic (exact) mass is 254 g/mol. The Morgan fingerprint density at radius 3 is 2.53 bits per heavy atom. The van der Waals surface area contributed by atoms with Gasteiger partial charge < -0.3 is 5.73 Å². The lowest BCUT2D eigenvalue weighted by Crippen LogP contribution is -1.86. The van der Waals surface area contributed by atoms with Crippen molar-refractivity contribution in [2.75, 3.05) is 5.73 Å². The third kappa shape index (κ3) is 2.30. The zero-order chi connectivity index (χ0) is 13.2. The van der Waals surface area contributed by atoms with Crippen LogP contribution >= 0.6 is 0 Å². The van der Waals surface area contributed by atoms with E-state index in [1.165, 1.54) is 12.1 Å². The Bertz CT molecular complexity index is 703. The van der Waals surface area contributed by atoms with Crippen LogP contribution in [0.1, 0.15) is 0 Å². The number of H-pyrrole nitrogens is 1. The molecule has 0 spiro atoms. The number of nitrogen functional groups attached to an aromatic ring is 1. The summed E-state index contributed by atoms with van der Waals surface area (Å²) in [6.45, 7) is 0. The summed E-state index contributed by atoms with van der Waals surface area (Å²) in [6, 6.07) is 13.4. The predicted molar refractivity (Wildman–Crippen MR) is 71.6 cm³/mol. The number of hydrogen-bond donors (Lipinski definition) is 2. The SMILES string of the molecule is Nc1cccc(-c2n[nH]c(-c3ccc(F)cc3)n2)c1. The second kappa shape index (κ2) is 4.53. The van der Waals surface area contributed by atoms with Crippen LogP contribution in [0, 0.1) is 5.82 Å². The number of nitrogens with two attached hydrogens (primary N) is 1. The lowest BCUT2D eigenvalue weighted by Gasteiger charge is -1.96. The van der Waals surface area contributed by atoms with Crippen LogP contribution < -0.4 is 5.73 Å². The molecule has 3 rings (SSSR count). The first-order chi connectivity index (χ1) is 9.22. The molecule has 1 aromatic heterocycles. The quantitative estimate of drug-likeness (QED) is 0.691. The number of rotatable bonds is 2. The van der Waals surface area contributed by atoms with E-state index in [4.69, 9.17) is 5.73 Å². The number of hydrogen-bond acceptors (Lipinski definition) is 3. The molecule has 0 saturated heterocycles. The molecule has 0 fully saturated rings. The fourth-order valence-electron chi connectivity index (χ4n) is 1.81. The number of nitrogens with one attached hydrogen (secondary N) is 1. The molecular weight excluding hydrogens is 243 g/mol. The maximum Gasteiger partial charge on any atom is 0.181 e. The van der Waals surface area contributed by atoms with Crippen molar-refractivity contribution in [3.05, 3.63) is 54.3 Å². The van der Waals surface area contributed by atoms with Crippen LogP contribution in [-0.4, -0.2) is 15.2 Å². The summed E-state index contributed by atoms with van der Waals surface area (Å²) in [5.41, 5.74) is 8.00. The third-order valence-corrected chi connectivity index (χ3v) is 2.75. The van der Waals surface area contributed by atoms with Crippen LogP contribution in [0.5, 0.6) is 0 Å². The van der Waals surface area contributed by atoms with E-state index < -0.39 is 0 Å². The summed E-state index contributed by atoms with van der Waals surface area (Å²) in [5, 5.41) is 6.98. The van der Waals surface area contributed by atoms with Gasteiger partial charge in [0.2, 0.25) is 0 Å². The first-order valence-electron chi connectivity index (χ1n) is 5.76. The summed E-state index contributed by atoms with van der Waals surface area (Å²) < 4.78 is 12.9. The molecule has 3 aromatic rings. The van der Waals surface area contributed by atoms with Crippen molar-refractivity contribution in [1.29, 1.82) is 0 Å². The highest BCUT2D eigenvalue weighted by Crippen LogP contribution is 2.21. The van der Waals surface area contributed by atoms with Gasteiger partial charge in [0.15, 0.2) is 11.6 Å². The van der Waals surface area contributed by atoms with Crippen LogP contribution in [0.4, 0.5) is 10.1 Å². The molecule has 0 aliphatic carbocycles. The Morgan fingerprint density at radius 2 is 1.79 bits per heavy atom. The van der Waals surface area contributed by atoms with E-state index in [9.17, 15) is 4.39 Å². The Labute approximate surface area is 109 Å². The molecule has 5 heteroatoms. The molecule has 0 saturated carbocycles. The summed E-state index contributed by atoms with van der Waals surface area (Å²) >= 11 is 0. The Morgan fingerprint density at radius 1 is 1.00 bits per heavy atom. The Hall–Kier alpha value is -2.69. The smallest absolute Gasteiger partial charge is 0.181 e. The fourth-order valence-corrected chi connectivity index (χ4v) is 1.81. The van der Waals surface area contributed by atoms with E-state index in [2.05, 4.69) is 15.2 Å². The molecule has 0 atom stereocenters. The zero-order valence-corrected chi connectivity index (χ0v) is 9.97. The molecule has 19 heavy (non-hydrogen) atoms. The van der Waals surface area contributed by atoms with Gasteiger partial charge in [0.05, 0.1) is 0 Å². The Kier molecular flexibility index (Phi) is 2.72. The second-order valence-corrected chi connectivity index (χ2v) is 4.14. The highest BCUT2D eigenvalue weighted by Gasteiger charge is 2.07. The van der Waals surface area contributed by atoms with Crippen molar-refractivity contribution in [1.82, 2.24) is 15.2 Å². The van der Waals surface area contributed by atoms with Gasteiger partial charge in [-0.1, -0.05) is 12.1 Å². The van der Waals surface area contributed by atoms with E-state index in [1.807, 2.05) is 12.1 Å². The number of benzene rings is 2. The second-order valence-electron chi connectivity index (χ2n) is 4.14. The minimum atomic E-state index is -0.278. The third-order valence-electron chi connectivity index (χ3n) is 2.75. The van der Waals surface area contributed by atoms with Gasteiger partial charge in [-0.05, 0) is 36.4 Å². The van der Waals surface area contributed by atoms with Gasteiger partial charge in [-0.25, -0.2) is 9.37 Å². The summed E-state index contributed by atoms with van der Waals surface area (Å²) in [5.74, 6) is 0.878.